The van der Waals surface area contributed by atoms with Crippen LogP contribution in [-0.2, 0) is 27.9 Å². The first-order chi connectivity index (χ1) is 15.8. The second-order valence-electron chi connectivity index (χ2n) is 7.35. The van der Waals surface area contributed by atoms with Gasteiger partial charge in [-0.2, -0.15) is 0 Å². The molecule has 1 aliphatic rings. The average molecular weight is 506 g/mol. The number of benzene rings is 2. The number of aromatic nitrogens is 2. The Kier molecular flexibility index (Phi) is 7.03. The highest BCUT2D eigenvalue weighted by atomic mass is 35.5. The van der Waals surface area contributed by atoms with E-state index in [2.05, 4.69) is 20.2 Å². The van der Waals surface area contributed by atoms with Gasteiger partial charge in [0.1, 0.15) is 0 Å². The number of halogens is 1. The summed E-state index contributed by atoms with van der Waals surface area (Å²) >= 11 is 6.57. The molecule has 2 amide bonds. The van der Waals surface area contributed by atoms with Crippen LogP contribution in [0.4, 0.5) is 5.13 Å². The third kappa shape index (κ3) is 5.74. The molecule has 0 aliphatic carbocycles. The Morgan fingerprint density at radius 3 is 2.52 bits per heavy atom. The highest BCUT2D eigenvalue weighted by molar-refractivity contribution is 7.91. The van der Waals surface area contributed by atoms with Gasteiger partial charge in [-0.15, -0.1) is 10.2 Å². The van der Waals surface area contributed by atoms with E-state index in [0.29, 0.717) is 30.1 Å². The molecule has 1 aliphatic heterocycles. The number of carbonyl (C=O) groups is 2. The number of nitrogens with zero attached hydrogens (tertiary/aromatic N) is 3. The molecule has 2 heterocycles. The Morgan fingerprint density at radius 2 is 1.82 bits per heavy atom. The minimum atomic E-state index is -3.95. The number of sulfonamides is 1. The van der Waals surface area contributed by atoms with Crippen LogP contribution in [0.5, 0.6) is 0 Å². The van der Waals surface area contributed by atoms with Crippen LogP contribution in [0.2, 0.25) is 5.02 Å². The van der Waals surface area contributed by atoms with Crippen LogP contribution in [0.3, 0.4) is 0 Å². The molecule has 1 fully saturated rings. The molecule has 172 valence electrons. The van der Waals surface area contributed by atoms with Crippen LogP contribution in [-0.4, -0.2) is 41.9 Å². The van der Waals surface area contributed by atoms with Gasteiger partial charge in [0, 0.05) is 36.6 Å². The minimum Gasteiger partial charge on any atom is -0.338 e. The van der Waals surface area contributed by atoms with Crippen molar-refractivity contribution in [1.82, 2.24) is 19.8 Å². The van der Waals surface area contributed by atoms with Gasteiger partial charge >= 0.3 is 0 Å². The molecular formula is C21H20ClN5O4S2. The number of carbonyl (C=O) groups excluding carboxylic acids is 2. The van der Waals surface area contributed by atoms with Gasteiger partial charge in [0.2, 0.25) is 15.4 Å². The second kappa shape index (κ2) is 9.96. The Hall–Kier alpha value is -2.86. The highest BCUT2D eigenvalue weighted by Gasteiger charge is 2.23. The minimum absolute atomic E-state index is 0.0343. The Labute approximate surface area is 199 Å². The summed E-state index contributed by atoms with van der Waals surface area (Å²) in [5.41, 5.74) is 2.00. The molecule has 0 saturated carbocycles. The number of hydrogen-bond donors (Lipinski definition) is 2. The van der Waals surface area contributed by atoms with E-state index < -0.39 is 15.9 Å². The van der Waals surface area contributed by atoms with Crippen molar-refractivity contribution in [3.8, 4) is 0 Å². The molecular weight excluding hydrogens is 486 g/mol. The first-order valence-corrected chi connectivity index (χ1v) is 12.7. The van der Waals surface area contributed by atoms with E-state index in [1.165, 1.54) is 0 Å². The summed E-state index contributed by atoms with van der Waals surface area (Å²) in [6.45, 7) is 1.18. The lowest BCUT2D eigenvalue weighted by molar-refractivity contribution is -0.128. The van der Waals surface area contributed by atoms with E-state index in [1.54, 1.807) is 29.2 Å². The van der Waals surface area contributed by atoms with Gasteiger partial charge in [-0.3, -0.25) is 14.9 Å². The lowest BCUT2D eigenvalue weighted by atomic mass is 10.1. The molecule has 3 aromatic rings. The standard InChI is InChI=1S/C21H20ClN5O4S2/c22-17-9-7-14(8-10-17)19(29)24-20-25-26-21(32-20)33(30,31)23-12-15-4-1-2-5-16(15)13-27-11-3-6-18(27)28/h1-2,4-5,7-10,23H,3,6,11-13H2,(H,24,25,29). The van der Waals surface area contributed by atoms with Crippen molar-refractivity contribution in [2.75, 3.05) is 11.9 Å². The molecule has 2 aromatic carbocycles. The van der Waals surface area contributed by atoms with Gasteiger partial charge in [-0.05, 0) is 41.8 Å². The van der Waals surface area contributed by atoms with Crippen molar-refractivity contribution in [3.63, 3.8) is 0 Å². The van der Waals surface area contributed by atoms with E-state index in [9.17, 15) is 18.0 Å². The molecule has 2 N–H and O–H groups in total. The third-order valence-electron chi connectivity index (χ3n) is 5.07. The lowest BCUT2D eigenvalue weighted by Gasteiger charge is -2.18. The quantitative estimate of drug-likeness (QED) is 0.454. The molecule has 0 atom stereocenters. The molecule has 0 spiro atoms. The van der Waals surface area contributed by atoms with Crippen LogP contribution in [0.15, 0.2) is 52.9 Å². The molecule has 12 heteroatoms. The molecule has 0 unspecified atom stereocenters. The summed E-state index contributed by atoms with van der Waals surface area (Å²) in [5, 5.41) is 10.6. The van der Waals surface area contributed by atoms with E-state index in [4.69, 9.17) is 11.6 Å². The lowest BCUT2D eigenvalue weighted by Crippen LogP contribution is -2.27. The fourth-order valence-electron chi connectivity index (χ4n) is 3.33. The summed E-state index contributed by atoms with van der Waals surface area (Å²) in [4.78, 5) is 26.0. The number of hydrogen-bond acceptors (Lipinski definition) is 7. The summed E-state index contributed by atoms with van der Waals surface area (Å²) < 4.78 is 27.7. The van der Waals surface area contributed by atoms with Crippen molar-refractivity contribution in [3.05, 3.63) is 70.2 Å². The first-order valence-electron chi connectivity index (χ1n) is 10.1. The number of rotatable bonds is 8. The monoisotopic (exact) mass is 505 g/mol. The molecule has 4 rings (SSSR count). The predicted octanol–water partition coefficient (Wildman–Crippen LogP) is 3.04. The van der Waals surface area contributed by atoms with Gasteiger partial charge in [-0.25, -0.2) is 13.1 Å². The van der Waals surface area contributed by atoms with Crippen LogP contribution in [0.25, 0.3) is 0 Å². The van der Waals surface area contributed by atoms with Crippen molar-refractivity contribution < 1.29 is 18.0 Å². The highest BCUT2D eigenvalue weighted by Crippen LogP contribution is 2.22. The van der Waals surface area contributed by atoms with Gasteiger partial charge in [0.05, 0.1) is 0 Å². The normalized spacial score (nSPS) is 14.0. The van der Waals surface area contributed by atoms with E-state index in [0.717, 1.165) is 28.9 Å². The summed E-state index contributed by atoms with van der Waals surface area (Å²) in [6.07, 6.45) is 1.38. The number of amides is 2. The second-order valence-corrected chi connectivity index (χ2v) is 10.7. The molecule has 1 aromatic heterocycles. The van der Waals surface area contributed by atoms with E-state index in [-0.39, 0.29) is 21.9 Å². The zero-order valence-corrected chi connectivity index (χ0v) is 19.7. The predicted molar refractivity (Wildman–Crippen MR) is 124 cm³/mol. The fraction of sp³-hybridized carbons (Fsp3) is 0.238. The first kappa shape index (κ1) is 23.3. The zero-order valence-electron chi connectivity index (χ0n) is 17.3. The zero-order chi connectivity index (χ0) is 23.4. The molecule has 0 radical (unpaired) electrons. The largest absolute Gasteiger partial charge is 0.338 e. The smallest absolute Gasteiger partial charge is 0.270 e. The summed E-state index contributed by atoms with van der Waals surface area (Å²) in [6, 6.07) is 13.6. The summed E-state index contributed by atoms with van der Waals surface area (Å²) in [7, 11) is -3.95. The van der Waals surface area contributed by atoms with Crippen LogP contribution in [0, 0.1) is 0 Å². The number of anilines is 1. The van der Waals surface area contributed by atoms with Crippen LogP contribution < -0.4 is 10.0 Å². The number of nitrogens with one attached hydrogen (secondary N) is 2. The number of likely N-dealkylation sites (tertiary alicyclic amines) is 1. The molecule has 0 bridgehead atoms. The van der Waals surface area contributed by atoms with E-state index >= 15 is 0 Å². The van der Waals surface area contributed by atoms with E-state index in [1.807, 2.05) is 24.3 Å². The maximum absolute atomic E-state index is 12.7. The van der Waals surface area contributed by atoms with Crippen molar-refractivity contribution in [2.24, 2.45) is 0 Å². The van der Waals surface area contributed by atoms with Crippen molar-refractivity contribution in [2.45, 2.75) is 30.3 Å². The average Bonchev–Trinajstić information content (AvgIpc) is 3.43. The van der Waals surface area contributed by atoms with Gasteiger partial charge in [0.15, 0.2) is 0 Å². The maximum atomic E-state index is 12.7. The Bertz CT molecular complexity index is 1280. The fourth-order valence-corrected chi connectivity index (χ4v) is 5.40. The molecule has 33 heavy (non-hydrogen) atoms. The van der Waals surface area contributed by atoms with Crippen LogP contribution in [0.1, 0.15) is 34.3 Å². The molecule has 9 nitrogen and oxygen atoms in total. The Morgan fingerprint density at radius 1 is 1.09 bits per heavy atom. The topological polar surface area (TPSA) is 121 Å². The van der Waals surface area contributed by atoms with Crippen LogP contribution >= 0.6 is 22.9 Å². The molecule has 1 saturated heterocycles. The third-order valence-corrected chi connectivity index (χ3v) is 7.93. The SMILES string of the molecule is O=C(Nc1nnc(S(=O)(=O)NCc2ccccc2CN2CCCC2=O)s1)c1ccc(Cl)cc1. The van der Waals surface area contributed by atoms with Crippen molar-refractivity contribution in [1.29, 1.82) is 0 Å². The van der Waals surface area contributed by atoms with Gasteiger partial charge in [-0.1, -0.05) is 47.2 Å². The summed E-state index contributed by atoms with van der Waals surface area (Å²) in [5.74, 6) is -0.350. The van der Waals surface area contributed by atoms with Crippen molar-refractivity contribution >= 4 is 49.9 Å². The van der Waals surface area contributed by atoms with Gasteiger partial charge in [0.25, 0.3) is 15.9 Å². The maximum Gasteiger partial charge on any atom is 0.270 e. The Balaban J connectivity index is 1.41. The van der Waals surface area contributed by atoms with Gasteiger partial charge < -0.3 is 4.90 Å².